The van der Waals surface area contributed by atoms with Gasteiger partial charge < -0.3 is 19.8 Å². The second-order valence-electron chi connectivity index (χ2n) is 24.9. The third-order valence-electron chi connectivity index (χ3n) is 15.5. The number of hydrogen-bond acceptors (Lipinski definition) is 5. The van der Waals surface area contributed by atoms with Crippen molar-refractivity contribution in [2.75, 3.05) is 40.9 Å². The standard InChI is InChI=1S/C74H135N2O6P/c1-6-8-10-12-14-16-18-20-22-24-26-28-29-30-31-32-33-34-35-36-37-38-39-40-41-42-43-44-45-46-47-48-50-52-54-56-58-60-62-64-66-68-74(78)75-72(71-82-83(79,80)81-70-69-76(3,4)5)73(77)67-65-63-61-59-57-55-53-51-49-27-25-23-21-19-17-15-13-11-9-7-2/h8,10,14,16,20,22,26,28,30-31,49,51,57,59,65,67,72-73,77H,6-7,9,11-13,15,17-19,21,23-25,27,29,32-48,50,52-56,58,60-64,66,68-71H2,1-5H3,(H-,75,78,79,80)/p+1/b10-8-,16-14-,22-20-,28-26-,31-30-,51-49+,59-57+,67-65+. The fraction of sp³-hybridized carbons (Fsp3) is 0.770. The summed E-state index contributed by atoms with van der Waals surface area (Å²) in [4.78, 5) is 23.4. The third kappa shape index (κ3) is 66.8. The Hall–Kier alpha value is -2.58. The van der Waals surface area contributed by atoms with E-state index in [0.29, 0.717) is 17.4 Å². The van der Waals surface area contributed by atoms with Gasteiger partial charge in [-0.2, -0.15) is 0 Å². The molecular formula is C74H136N2O6P+. The fourth-order valence-electron chi connectivity index (χ4n) is 10.1. The summed E-state index contributed by atoms with van der Waals surface area (Å²) in [5, 5.41) is 14.0. The number of hydrogen-bond donors (Lipinski definition) is 3. The van der Waals surface area contributed by atoms with Crippen LogP contribution >= 0.6 is 7.82 Å². The average Bonchev–Trinajstić information content (AvgIpc) is 3.49. The molecule has 0 spiro atoms. The molecule has 83 heavy (non-hydrogen) atoms. The highest BCUT2D eigenvalue weighted by Gasteiger charge is 2.28. The highest BCUT2D eigenvalue weighted by molar-refractivity contribution is 7.47. The van der Waals surface area contributed by atoms with E-state index in [1.54, 1.807) is 6.08 Å². The molecule has 3 N–H and O–H groups in total. The summed E-state index contributed by atoms with van der Waals surface area (Å²) in [6, 6.07) is -0.873. The maximum absolute atomic E-state index is 13.0. The molecule has 0 aliphatic heterocycles. The zero-order valence-electron chi connectivity index (χ0n) is 55.2. The Morgan fingerprint density at radius 3 is 1.11 bits per heavy atom. The van der Waals surface area contributed by atoms with E-state index in [1.807, 2.05) is 27.2 Å². The van der Waals surface area contributed by atoms with Gasteiger partial charge in [-0.1, -0.05) is 317 Å². The summed E-state index contributed by atoms with van der Waals surface area (Å²) in [5.74, 6) is -0.187. The van der Waals surface area contributed by atoms with Crippen molar-refractivity contribution in [3.8, 4) is 0 Å². The minimum absolute atomic E-state index is 0.0525. The van der Waals surface area contributed by atoms with E-state index >= 15 is 0 Å². The maximum Gasteiger partial charge on any atom is 0.472 e. The molecule has 3 unspecified atom stereocenters. The fourth-order valence-corrected chi connectivity index (χ4v) is 10.8. The predicted molar refractivity (Wildman–Crippen MR) is 364 cm³/mol. The van der Waals surface area contributed by atoms with Gasteiger partial charge in [0.2, 0.25) is 5.91 Å². The number of quaternary nitrogens is 1. The summed E-state index contributed by atoms with van der Waals surface area (Å²) in [6.45, 7) is 4.70. The lowest BCUT2D eigenvalue weighted by molar-refractivity contribution is -0.870. The highest BCUT2D eigenvalue weighted by Crippen LogP contribution is 2.43. The minimum Gasteiger partial charge on any atom is -0.387 e. The Balaban J connectivity index is 3.98. The maximum atomic E-state index is 13.0. The number of phosphoric acid groups is 1. The summed E-state index contributed by atoms with van der Waals surface area (Å²) < 4.78 is 23.8. The van der Waals surface area contributed by atoms with Crippen LogP contribution in [0.5, 0.6) is 0 Å². The molecule has 0 radical (unpaired) electrons. The van der Waals surface area contributed by atoms with E-state index in [9.17, 15) is 19.4 Å². The van der Waals surface area contributed by atoms with E-state index in [0.717, 1.165) is 77.0 Å². The number of likely N-dealkylation sites (N-methyl/N-ethyl adjacent to an activating group) is 1. The molecule has 0 saturated carbocycles. The van der Waals surface area contributed by atoms with Crippen molar-refractivity contribution >= 4 is 13.7 Å². The summed E-state index contributed by atoms with van der Waals surface area (Å²) in [6.07, 6.45) is 92.8. The van der Waals surface area contributed by atoms with Crippen LogP contribution in [-0.2, 0) is 18.4 Å². The first-order valence-electron chi connectivity index (χ1n) is 35.1. The minimum atomic E-state index is -4.37. The molecule has 3 atom stereocenters. The lowest BCUT2D eigenvalue weighted by atomic mass is 10.0. The van der Waals surface area contributed by atoms with Crippen LogP contribution in [0.15, 0.2) is 97.2 Å². The van der Waals surface area contributed by atoms with Crippen molar-refractivity contribution in [1.29, 1.82) is 0 Å². The first-order valence-corrected chi connectivity index (χ1v) is 36.6. The van der Waals surface area contributed by atoms with Crippen LogP contribution in [0.2, 0.25) is 0 Å². The largest absolute Gasteiger partial charge is 0.472 e. The van der Waals surface area contributed by atoms with Gasteiger partial charge >= 0.3 is 7.82 Å². The van der Waals surface area contributed by atoms with E-state index in [2.05, 4.69) is 104 Å². The van der Waals surface area contributed by atoms with E-state index in [1.165, 1.54) is 218 Å². The Morgan fingerprint density at radius 2 is 0.735 bits per heavy atom. The predicted octanol–water partition coefficient (Wildman–Crippen LogP) is 22.5. The van der Waals surface area contributed by atoms with Crippen LogP contribution in [0.1, 0.15) is 316 Å². The molecule has 0 rings (SSSR count). The number of allylic oxidation sites excluding steroid dienone is 15. The molecule has 0 aromatic rings. The van der Waals surface area contributed by atoms with Gasteiger partial charge in [0, 0.05) is 6.42 Å². The van der Waals surface area contributed by atoms with E-state index in [-0.39, 0.29) is 19.1 Å². The molecule has 482 valence electrons. The smallest absolute Gasteiger partial charge is 0.387 e. The van der Waals surface area contributed by atoms with Crippen LogP contribution < -0.4 is 5.32 Å². The van der Waals surface area contributed by atoms with E-state index in [4.69, 9.17) is 9.05 Å². The second kappa shape index (κ2) is 63.9. The number of unbranched alkanes of at least 4 members (excludes halogenated alkanes) is 37. The van der Waals surface area contributed by atoms with Gasteiger partial charge in [0.15, 0.2) is 0 Å². The first-order chi connectivity index (χ1) is 40.5. The molecule has 0 heterocycles. The van der Waals surface area contributed by atoms with Gasteiger partial charge in [-0.05, 0) is 89.9 Å². The number of carbonyl (C=O) groups excluding carboxylic acids is 1. The Bertz CT molecular complexity index is 1670. The highest BCUT2D eigenvalue weighted by atomic mass is 31.2. The normalized spacial score (nSPS) is 14.3. The molecule has 1 amide bonds. The summed E-state index contributed by atoms with van der Waals surface area (Å²) in [7, 11) is 1.55. The molecule has 0 aromatic carbocycles. The topological polar surface area (TPSA) is 105 Å². The second-order valence-corrected chi connectivity index (χ2v) is 26.3. The number of amides is 1. The molecule has 8 nitrogen and oxygen atoms in total. The van der Waals surface area contributed by atoms with Crippen molar-refractivity contribution in [2.45, 2.75) is 328 Å². The number of aliphatic hydroxyl groups excluding tert-OH is 1. The molecule has 0 aliphatic rings. The molecule has 0 fully saturated rings. The number of rotatable bonds is 64. The quantitative estimate of drug-likeness (QED) is 0.0243. The number of aliphatic hydroxyl groups is 1. The molecule has 0 saturated heterocycles. The molecule has 0 aromatic heterocycles. The van der Waals surface area contributed by atoms with Crippen LogP contribution in [-0.4, -0.2) is 73.4 Å². The molecular weight excluding hydrogens is 1040 g/mol. The molecule has 0 aliphatic carbocycles. The Kier molecular flexibility index (Phi) is 61.9. The molecule has 9 heteroatoms. The summed E-state index contributed by atoms with van der Waals surface area (Å²) in [5.41, 5.74) is 0. The number of carbonyl (C=O) groups is 1. The SMILES string of the molecule is CC/C=C\C/C=C\C/C=C\C/C=C\C/C=C\CCCCCCCCCCCCCCCCCCCCCCCCCCCC(=O)NC(COP(=O)(O)OCC[N+](C)(C)C)C(O)/C=C/CC/C=C/CC/C=C/CCCCCCCCCCCC. The number of nitrogens with one attached hydrogen (secondary N) is 1. The van der Waals surface area contributed by atoms with Gasteiger partial charge in [0.1, 0.15) is 13.2 Å². The monoisotopic (exact) mass is 1180 g/mol. The number of phosphoric ester groups is 1. The van der Waals surface area contributed by atoms with E-state index < -0.39 is 20.0 Å². The van der Waals surface area contributed by atoms with Gasteiger partial charge in [0.25, 0.3) is 0 Å². The van der Waals surface area contributed by atoms with Gasteiger partial charge in [0.05, 0.1) is 39.9 Å². The molecule has 0 bridgehead atoms. The lowest BCUT2D eigenvalue weighted by Gasteiger charge is -2.25. The Labute approximate surface area is 515 Å². The zero-order chi connectivity index (χ0) is 60.5. The van der Waals surface area contributed by atoms with Crippen LogP contribution in [0.4, 0.5) is 0 Å². The van der Waals surface area contributed by atoms with Crippen molar-refractivity contribution in [2.24, 2.45) is 0 Å². The van der Waals surface area contributed by atoms with Crippen molar-refractivity contribution in [1.82, 2.24) is 5.32 Å². The van der Waals surface area contributed by atoms with Gasteiger partial charge in [-0.3, -0.25) is 13.8 Å². The van der Waals surface area contributed by atoms with Gasteiger partial charge in [-0.15, -0.1) is 0 Å². The van der Waals surface area contributed by atoms with Crippen LogP contribution in [0.25, 0.3) is 0 Å². The van der Waals surface area contributed by atoms with Crippen LogP contribution in [0.3, 0.4) is 0 Å². The zero-order valence-corrected chi connectivity index (χ0v) is 56.1. The summed E-state index contributed by atoms with van der Waals surface area (Å²) >= 11 is 0. The van der Waals surface area contributed by atoms with Gasteiger partial charge in [-0.25, -0.2) is 4.57 Å². The first kappa shape index (κ1) is 80.4. The average molecular weight is 1180 g/mol. The Morgan fingerprint density at radius 1 is 0.422 bits per heavy atom. The van der Waals surface area contributed by atoms with Crippen LogP contribution in [0, 0.1) is 0 Å². The van der Waals surface area contributed by atoms with Crippen molar-refractivity contribution in [3.05, 3.63) is 97.2 Å². The van der Waals surface area contributed by atoms with Crippen molar-refractivity contribution < 1.29 is 32.9 Å². The lowest BCUT2D eigenvalue weighted by Crippen LogP contribution is -2.45. The third-order valence-corrected chi connectivity index (χ3v) is 16.5. The van der Waals surface area contributed by atoms with Crippen molar-refractivity contribution in [3.63, 3.8) is 0 Å². The number of nitrogens with zero attached hydrogens (tertiary/aromatic N) is 1.